The van der Waals surface area contributed by atoms with Gasteiger partial charge in [-0.25, -0.2) is 13.2 Å². The van der Waals surface area contributed by atoms with Gasteiger partial charge in [0.25, 0.3) is 12.3 Å². The molecule has 1 atom stereocenters. The van der Waals surface area contributed by atoms with E-state index in [0.717, 1.165) is 6.07 Å². The van der Waals surface area contributed by atoms with Gasteiger partial charge in [-0.05, 0) is 32.0 Å². The molecule has 1 rings (SSSR count). The molecule has 1 aromatic rings. The standard InChI is InChI=1S/C16H16F6N2O/c1-4-15(2,3)24-14(25)10-7-9(16(20,21)22)5-6-12(10)23-8-11(17)13(18)19/h1,5-7,11,13,23H,8H2,2-3H3,(H,24,25). The van der Waals surface area contributed by atoms with Crippen molar-refractivity contribution >= 4 is 11.6 Å². The van der Waals surface area contributed by atoms with Gasteiger partial charge in [-0.2, -0.15) is 13.2 Å². The molecule has 3 nitrogen and oxygen atoms in total. The van der Waals surface area contributed by atoms with Crippen LogP contribution in [0.2, 0.25) is 0 Å². The lowest BCUT2D eigenvalue weighted by Crippen LogP contribution is -2.42. The number of hydrogen-bond donors (Lipinski definition) is 2. The second-order valence-electron chi connectivity index (χ2n) is 5.71. The van der Waals surface area contributed by atoms with Gasteiger partial charge in [0.1, 0.15) is 0 Å². The summed E-state index contributed by atoms with van der Waals surface area (Å²) < 4.78 is 76.0. The van der Waals surface area contributed by atoms with Crippen LogP contribution in [0, 0.1) is 12.3 Å². The van der Waals surface area contributed by atoms with Crippen LogP contribution >= 0.6 is 0 Å². The van der Waals surface area contributed by atoms with Gasteiger partial charge in [0, 0.05) is 5.69 Å². The highest BCUT2D eigenvalue weighted by Crippen LogP contribution is 2.32. The Bertz CT molecular complexity index is 664. The number of amides is 1. The third-order valence-corrected chi connectivity index (χ3v) is 3.14. The lowest BCUT2D eigenvalue weighted by Gasteiger charge is -2.22. The summed E-state index contributed by atoms with van der Waals surface area (Å²) in [5.41, 5.74) is -2.98. The maximum atomic E-state index is 13.0. The minimum absolute atomic E-state index is 0.221. The predicted molar refractivity (Wildman–Crippen MR) is 81.2 cm³/mol. The van der Waals surface area contributed by atoms with E-state index in [9.17, 15) is 31.1 Å². The average Bonchev–Trinajstić information content (AvgIpc) is 2.50. The number of carbonyl (C=O) groups is 1. The summed E-state index contributed by atoms with van der Waals surface area (Å²) in [6.07, 6.45) is -5.32. The van der Waals surface area contributed by atoms with Crippen LogP contribution in [0.25, 0.3) is 0 Å². The number of halogens is 6. The topological polar surface area (TPSA) is 41.1 Å². The second-order valence-corrected chi connectivity index (χ2v) is 5.71. The van der Waals surface area contributed by atoms with E-state index in [2.05, 4.69) is 16.6 Å². The number of carbonyl (C=O) groups excluding carboxylic acids is 1. The second kappa shape index (κ2) is 7.68. The monoisotopic (exact) mass is 366 g/mol. The van der Waals surface area contributed by atoms with Crippen molar-refractivity contribution in [2.75, 3.05) is 11.9 Å². The number of anilines is 1. The van der Waals surface area contributed by atoms with Gasteiger partial charge in [-0.3, -0.25) is 4.79 Å². The molecule has 2 N–H and O–H groups in total. The zero-order chi connectivity index (χ0) is 19.4. The maximum absolute atomic E-state index is 13.0. The van der Waals surface area contributed by atoms with Crippen molar-refractivity contribution in [2.45, 2.75) is 38.2 Å². The van der Waals surface area contributed by atoms with Gasteiger partial charge < -0.3 is 10.6 Å². The Balaban J connectivity index is 3.19. The quantitative estimate of drug-likeness (QED) is 0.593. The molecule has 1 aromatic carbocycles. The first-order chi connectivity index (χ1) is 11.4. The van der Waals surface area contributed by atoms with E-state index >= 15 is 0 Å². The lowest BCUT2D eigenvalue weighted by atomic mass is 10.0. The Morgan fingerprint density at radius 3 is 2.32 bits per heavy atom. The van der Waals surface area contributed by atoms with Crippen molar-refractivity contribution in [3.63, 3.8) is 0 Å². The smallest absolute Gasteiger partial charge is 0.381 e. The molecule has 0 saturated carbocycles. The van der Waals surface area contributed by atoms with Crippen LogP contribution in [0.3, 0.4) is 0 Å². The van der Waals surface area contributed by atoms with Crippen LogP contribution in [-0.2, 0) is 6.18 Å². The first-order valence-electron chi connectivity index (χ1n) is 7.05. The van der Waals surface area contributed by atoms with Gasteiger partial charge >= 0.3 is 6.18 Å². The highest BCUT2D eigenvalue weighted by Gasteiger charge is 2.32. The number of alkyl halides is 6. The van der Waals surface area contributed by atoms with Crippen molar-refractivity contribution in [2.24, 2.45) is 0 Å². The van der Waals surface area contributed by atoms with Crippen LogP contribution in [0.5, 0.6) is 0 Å². The third-order valence-electron chi connectivity index (χ3n) is 3.14. The van der Waals surface area contributed by atoms with E-state index in [-0.39, 0.29) is 5.69 Å². The molecular formula is C16H16F6N2O. The molecule has 1 amide bonds. The van der Waals surface area contributed by atoms with Crippen LogP contribution in [0.1, 0.15) is 29.8 Å². The largest absolute Gasteiger partial charge is 0.416 e. The highest BCUT2D eigenvalue weighted by atomic mass is 19.4. The number of terminal acetylenes is 1. The Hall–Kier alpha value is -2.37. The van der Waals surface area contributed by atoms with Gasteiger partial charge in [0.15, 0.2) is 6.17 Å². The van der Waals surface area contributed by atoms with Gasteiger partial charge in [0.2, 0.25) is 0 Å². The van der Waals surface area contributed by atoms with Gasteiger partial charge in [0.05, 0.1) is 23.2 Å². The Kier molecular flexibility index (Phi) is 6.35. The molecule has 0 spiro atoms. The van der Waals surface area contributed by atoms with E-state index in [1.54, 1.807) is 0 Å². The summed E-state index contributed by atoms with van der Waals surface area (Å²) in [5.74, 6) is 1.28. The Labute approximate surface area is 140 Å². The summed E-state index contributed by atoms with van der Waals surface area (Å²) in [6, 6.07) is 2.07. The summed E-state index contributed by atoms with van der Waals surface area (Å²) >= 11 is 0. The minimum Gasteiger partial charge on any atom is -0.381 e. The molecule has 25 heavy (non-hydrogen) atoms. The molecule has 0 radical (unpaired) electrons. The molecule has 0 aliphatic heterocycles. The van der Waals surface area contributed by atoms with E-state index in [0.29, 0.717) is 12.1 Å². The summed E-state index contributed by atoms with van der Waals surface area (Å²) in [7, 11) is 0. The maximum Gasteiger partial charge on any atom is 0.416 e. The molecule has 0 aliphatic carbocycles. The predicted octanol–water partition coefficient (Wildman–Crippen LogP) is 3.86. The van der Waals surface area contributed by atoms with Crippen LogP contribution in [0.4, 0.5) is 32.0 Å². The van der Waals surface area contributed by atoms with Crippen molar-refractivity contribution in [3.8, 4) is 12.3 Å². The average molecular weight is 366 g/mol. The van der Waals surface area contributed by atoms with E-state index in [4.69, 9.17) is 6.42 Å². The summed E-state index contributed by atoms with van der Waals surface area (Å²) in [6.45, 7) is 2.02. The molecule has 0 aliphatic rings. The van der Waals surface area contributed by atoms with Crippen molar-refractivity contribution < 1.29 is 31.1 Å². The van der Waals surface area contributed by atoms with Crippen molar-refractivity contribution in [1.82, 2.24) is 5.32 Å². The SMILES string of the molecule is C#CC(C)(C)NC(=O)c1cc(C(F)(F)F)ccc1NCC(F)C(F)F. The number of nitrogens with one attached hydrogen (secondary N) is 2. The fourth-order valence-corrected chi connectivity index (χ4v) is 1.75. The van der Waals surface area contributed by atoms with E-state index in [1.165, 1.54) is 13.8 Å². The normalized spacial score (nSPS) is 13.3. The zero-order valence-electron chi connectivity index (χ0n) is 13.3. The highest BCUT2D eigenvalue weighted by molar-refractivity contribution is 6.00. The molecule has 9 heteroatoms. The van der Waals surface area contributed by atoms with Crippen molar-refractivity contribution in [1.29, 1.82) is 0 Å². The molecule has 1 unspecified atom stereocenters. The molecule has 0 aromatic heterocycles. The molecule has 138 valence electrons. The summed E-state index contributed by atoms with van der Waals surface area (Å²) in [5, 5.41) is 4.55. The molecule has 0 bridgehead atoms. The van der Waals surface area contributed by atoms with E-state index < -0.39 is 47.9 Å². The van der Waals surface area contributed by atoms with Gasteiger partial charge in [-0.15, -0.1) is 6.42 Å². The van der Waals surface area contributed by atoms with E-state index in [1.807, 2.05) is 0 Å². The number of rotatable bonds is 6. The zero-order valence-corrected chi connectivity index (χ0v) is 13.3. The molecule has 0 heterocycles. The number of benzene rings is 1. The fraction of sp³-hybridized carbons (Fsp3) is 0.438. The first kappa shape index (κ1) is 20.7. The minimum atomic E-state index is -4.72. The lowest BCUT2D eigenvalue weighted by molar-refractivity contribution is -0.137. The van der Waals surface area contributed by atoms with Crippen LogP contribution in [0.15, 0.2) is 18.2 Å². The first-order valence-corrected chi connectivity index (χ1v) is 7.05. The Morgan fingerprint density at radius 2 is 1.84 bits per heavy atom. The summed E-state index contributed by atoms with van der Waals surface area (Å²) in [4.78, 5) is 12.2. The Morgan fingerprint density at radius 1 is 1.24 bits per heavy atom. The fourth-order valence-electron chi connectivity index (χ4n) is 1.75. The third kappa shape index (κ3) is 5.89. The van der Waals surface area contributed by atoms with Crippen LogP contribution < -0.4 is 10.6 Å². The molecule has 0 saturated heterocycles. The van der Waals surface area contributed by atoms with Gasteiger partial charge in [-0.1, -0.05) is 5.92 Å². The van der Waals surface area contributed by atoms with Crippen LogP contribution in [-0.4, -0.2) is 30.6 Å². The molecule has 0 fully saturated rings. The molecular weight excluding hydrogens is 350 g/mol. The van der Waals surface area contributed by atoms with Crippen molar-refractivity contribution in [3.05, 3.63) is 29.3 Å². The number of hydrogen-bond acceptors (Lipinski definition) is 2.